The molecule has 4 heteroatoms. The highest BCUT2D eigenvalue weighted by atomic mass is 28.4. The average Bonchev–Trinajstić information content (AvgIpc) is 2.35. The Morgan fingerprint density at radius 1 is 1.24 bits per heavy atom. The summed E-state index contributed by atoms with van der Waals surface area (Å²) in [5.74, 6) is 1.13. The lowest BCUT2D eigenvalue weighted by Crippen LogP contribution is -2.45. The molecule has 0 aromatic rings. The molecular weight excluding hydrogens is 232 g/mol. The smallest absolute Gasteiger partial charge is 0.267 e. The van der Waals surface area contributed by atoms with Gasteiger partial charge in [-0.1, -0.05) is 20.8 Å². The molecule has 0 radical (unpaired) electrons. The molecule has 2 aliphatic rings. The molecule has 0 N–H and O–H groups in total. The summed E-state index contributed by atoms with van der Waals surface area (Å²) in [7, 11) is -1.80. The summed E-state index contributed by atoms with van der Waals surface area (Å²) in [5.41, 5.74) is 1.22. The van der Waals surface area contributed by atoms with Gasteiger partial charge < -0.3 is 13.9 Å². The van der Waals surface area contributed by atoms with Gasteiger partial charge >= 0.3 is 0 Å². The van der Waals surface area contributed by atoms with E-state index in [1.807, 2.05) is 0 Å². The van der Waals surface area contributed by atoms with Gasteiger partial charge in [-0.15, -0.1) is 0 Å². The van der Waals surface area contributed by atoms with Crippen LogP contribution in [0.1, 0.15) is 34.6 Å². The molecule has 0 aromatic heterocycles. The van der Waals surface area contributed by atoms with Gasteiger partial charge in [0.1, 0.15) is 0 Å². The second-order valence-electron chi connectivity index (χ2n) is 6.69. The van der Waals surface area contributed by atoms with E-state index in [2.05, 4.69) is 47.7 Å². The van der Waals surface area contributed by atoms with Crippen molar-refractivity contribution in [2.75, 3.05) is 0 Å². The van der Waals surface area contributed by atoms with Crippen LogP contribution in [0, 0.1) is 5.92 Å². The monoisotopic (exact) mass is 256 g/mol. The van der Waals surface area contributed by atoms with Crippen molar-refractivity contribution in [1.82, 2.24) is 0 Å². The van der Waals surface area contributed by atoms with Crippen LogP contribution in [-0.4, -0.2) is 20.7 Å². The maximum atomic E-state index is 6.22. The lowest BCUT2D eigenvalue weighted by Gasteiger charge is -2.38. The molecule has 17 heavy (non-hydrogen) atoms. The molecule has 0 unspecified atom stereocenters. The molecule has 98 valence electrons. The lowest BCUT2D eigenvalue weighted by molar-refractivity contribution is -0.259. The van der Waals surface area contributed by atoms with E-state index < -0.39 is 8.32 Å². The topological polar surface area (TPSA) is 27.7 Å². The van der Waals surface area contributed by atoms with Gasteiger partial charge in [0, 0.05) is 5.57 Å². The van der Waals surface area contributed by atoms with Gasteiger partial charge in [0.25, 0.3) is 14.3 Å². The molecule has 0 amide bonds. The fourth-order valence-electron chi connectivity index (χ4n) is 1.99. The molecule has 2 aliphatic heterocycles. The number of rotatable bonds is 2. The number of ether oxygens (including phenoxy) is 2. The van der Waals surface area contributed by atoms with E-state index in [4.69, 9.17) is 13.9 Å². The van der Waals surface area contributed by atoms with Gasteiger partial charge in [-0.2, -0.15) is 0 Å². The molecule has 1 fully saturated rings. The van der Waals surface area contributed by atoms with Crippen LogP contribution >= 0.6 is 0 Å². The first kappa shape index (κ1) is 13.0. The van der Waals surface area contributed by atoms with E-state index in [-0.39, 0.29) is 17.4 Å². The lowest BCUT2D eigenvalue weighted by atomic mass is 9.92. The van der Waals surface area contributed by atoms with Crippen LogP contribution in [0.2, 0.25) is 18.1 Å². The molecule has 1 saturated heterocycles. The molecule has 0 saturated carbocycles. The predicted molar refractivity (Wildman–Crippen MR) is 69.9 cm³/mol. The highest BCUT2D eigenvalue weighted by Gasteiger charge is 2.51. The van der Waals surface area contributed by atoms with E-state index in [9.17, 15) is 0 Å². The zero-order valence-corrected chi connectivity index (χ0v) is 13.0. The Hall–Kier alpha value is -0.483. The van der Waals surface area contributed by atoms with Gasteiger partial charge in [-0.3, -0.25) is 0 Å². The van der Waals surface area contributed by atoms with Crippen molar-refractivity contribution in [2.24, 2.45) is 5.92 Å². The van der Waals surface area contributed by atoms with Gasteiger partial charge in [0.2, 0.25) is 6.29 Å². The highest BCUT2D eigenvalue weighted by Crippen LogP contribution is 2.46. The van der Waals surface area contributed by atoms with Crippen molar-refractivity contribution in [3.8, 4) is 0 Å². The van der Waals surface area contributed by atoms with E-state index in [1.165, 1.54) is 5.57 Å². The molecule has 0 aliphatic carbocycles. The number of hydrogen-bond donors (Lipinski definition) is 0. The highest BCUT2D eigenvalue weighted by molar-refractivity contribution is 6.74. The molecule has 0 bridgehead atoms. The van der Waals surface area contributed by atoms with Gasteiger partial charge in [0.15, 0.2) is 0 Å². The first-order chi connectivity index (χ1) is 7.63. The van der Waals surface area contributed by atoms with Crippen molar-refractivity contribution in [2.45, 2.75) is 65.1 Å². The standard InChI is InChI=1S/C13H24O3Si/c1-8-10-9(2)14-12(10)15-11(8)16-17(6,7)13(3,4)5/h9-10,12H,1-7H3/t9-,10-,12-/m1/s1. The third-order valence-electron chi connectivity index (χ3n) is 4.35. The summed E-state index contributed by atoms with van der Waals surface area (Å²) in [6.07, 6.45) is 0.172. The zero-order valence-electron chi connectivity index (χ0n) is 12.0. The quantitative estimate of drug-likeness (QED) is 0.706. The van der Waals surface area contributed by atoms with Crippen LogP contribution in [0.3, 0.4) is 0 Å². The van der Waals surface area contributed by atoms with Crippen LogP contribution in [0.5, 0.6) is 0 Å². The predicted octanol–water partition coefficient (Wildman–Crippen LogP) is 3.63. The minimum absolute atomic E-state index is 0.0928. The minimum atomic E-state index is -1.80. The average molecular weight is 256 g/mol. The second kappa shape index (κ2) is 3.75. The minimum Gasteiger partial charge on any atom is -0.519 e. The molecule has 2 heterocycles. The van der Waals surface area contributed by atoms with Crippen molar-refractivity contribution >= 4 is 8.32 Å². The van der Waals surface area contributed by atoms with Crippen molar-refractivity contribution in [3.63, 3.8) is 0 Å². The molecule has 3 nitrogen and oxygen atoms in total. The van der Waals surface area contributed by atoms with Gasteiger partial charge in [0.05, 0.1) is 12.0 Å². The van der Waals surface area contributed by atoms with E-state index >= 15 is 0 Å². The third-order valence-corrected chi connectivity index (χ3v) is 8.66. The Bertz CT molecular complexity index is 354. The Kier molecular flexibility index (Phi) is 2.86. The van der Waals surface area contributed by atoms with Crippen LogP contribution in [0.15, 0.2) is 11.5 Å². The first-order valence-electron chi connectivity index (χ1n) is 6.35. The Morgan fingerprint density at radius 2 is 1.82 bits per heavy atom. The molecular formula is C13H24O3Si. The van der Waals surface area contributed by atoms with Crippen molar-refractivity contribution in [1.29, 1.82) is 0 Å². The number of hydrogen-bond acceptors (Lipinski definition) is 3. The fourth-order valence-corrected chi connectivity index (χ4v) is 2.97. The fraction of sp³-hybridized carbons (Fsp3) is 0.846. The summed E-state index contributed by atoms with van der Waals surface area (Å²) in [6, 6.07) is 0. The van der Waals surface area contributed by atoms with E-state index in [0.29, 0.717) is 5.92 Å². The van der Waals surface area contributed by atoms with Gasteiger partial charge in [-0.05, 0) is 32.0 Å². The summed E-state index contributed by atoms with van der Waals surface area (Å²) in [4.78, 5) is 0. The van der Waals surface area contributed by atoms with E-state index in [1.54, 1.807) is 0 Å². The molecule has 0 spiro atoms. The maximum Gasteiger partial charge on any atom is 0.267 e. The van der Waals surface area contributed by atoms with E-state index in [0.717, 1.165) is 5.95 Å². The molecule has 2 rings (SSSR count). The second-order valence-corrected chi connectivity index (χ2v) is 11.4. The summed E-state index contributed by atoms with van der Waals surface area (Å²) in [6.45, 7) is 15.4. The Balaban J connectivity index is 2.13. The normalized spacial score (nSPS) is 33.0. The third kappa shape index (κ3) is 2.01. The maximum absolute atomic E-state index is 6.22. The van der Waals surface area contributed by atoms with Crippen LogP contribution in [0.25, 0.3) is 0 Å². The zero-order chi connectivity index (χ0) is 13.0. The Morgan fingerprint density at radius 3 is 2.24 bits per heavy atom. The van der Waals surface area contributed by atoms with Crippen molar-refractivity contribution in [3.05, 3.63) is 11.5 Å². The number of fused-ring (bicyclic) bond motifs is 1. The van der Waals surface area contributed by atoms with Gasteiger partial charge in [-0.25, -0.2) is 0 Å². The van der Waals surface area contributed by atoms with Crippen LogP contribution in [-0.2, 0) is 13.9 Å². The van der Waals surface area contributed by atoms with Crippen molar-refractivity contribution < 1.29 is 13.9 Å². The summed E-state index contributed by atoms with van der Waals surface area (Å²) in [5, 5.41) is 0.192. The largest absolute Gasteiger partial charge is 0.519 e. The Labute approximate surface area is 105 Å². The molecule has 0 aromatic carbocycles. The first-order valence-corrected chi connectivity index (χ1v) is 9.26. The van der Waals surface area contributed by atoms with Crippen LogP contribution in [0.4, 0.5) is 0 Å². The van der Waals surface area contributed by atoms with Crippen LogP contribution < -0.4 is 0 Å². The molecule has 3 atom stereocenters. The summed E-state index contributed by atoms with van der Waals surface area (Å²) < 4.78 is 17.5. The summed E-state index contributed by atoms with van der Waals surface area (Å²) >= 11 is 0. The SMILES string of the molecule is CC1=C(O[Si](C)(C)C(C)(C)C)O[C@H]2O[C@H](C)[C@@H]12.